The highest BCUT2D eigenvalue weighted by molar-refractivity contribution is 8.01. The van der Waals surface area contributed by atoms with Gasteiger partial charge in [-0.05, 0) is 43.3 Å². The number of aryl methyl sites for hydroxylation is 1. The van der Waals surface area contributed by atoms with Crippen molar-refractivity contribution in [1.82, 2.24) is 10.2 Å². The summed E-state index contributed by atoms with van der Waals surface area (Å²) in [5.41, 5.74) is 1.84. The zero-order valence-electron chi connectivity index (χ0n) is 17.0. The van der Waals surface area contributed by atoms with Crippen molar-refractivity contribution in [2.24, 2.45) is 0 Å². The molecule has 0 bridgehead atoms. The Bertz CT molecular complexity index is 1120. The van der Waals surface area contributed by atoms with Crippen molar-refractivity contribution in [2.45, 2.75) is 35.3 Å². The summed E-state index contributed by atoms with van der Waals surface area (Å²) < 4.78 is 27.6. The average molecular weight is 463 g/mol. The number of amides is 1. The molecule has 0 unspecified atom stereocenters. The molecule has 0 aliphatic carbocycles. The number of nitrogens with one attached hydrogen (secondary N) is 1. The number of carbonyl (C=O) groups is 1. The number of rotatable bonds is 7. The molecule has 0 saturated heterocycles. The van der Waals surface area contributed by atoms with Crippen LogP contribution in [0.5, 0.6) is 0 Å². The molecule has 0 saturated carbocycles. The Balaban J connectivity index is 1.71. The first kappa shape index (κ1) is 22.3. The summed E-state index contributed by atoms with van der Waals surface area (Å²) in [6.07, 6.45) is 0. The van der Waals surface area contributed by atoms with Crippen LogP contribution < -0.4 is 9.62 Å². The molecule has 3 rings (SSSR count). The van der Waals surface area contributed by atoms with Crippen LogP contribution in [0, 0.1) is 6.92 Å². The van der Waals surface area contributed by atoms with Crippen LogP contribution in [0.1, 0.15) is 29.8 Å². The minimum Gasteiger partial charge on any atom is -0.296 e. The van der Waals surface area contributed by atoms with E-state index in [4.69, 9.17) is 0 Å². The lowest BCUT2D eigenvalue weighted by atomic mass is 10.2. The molecule has 10 heteroatoms. The quantitative estimate of drug-likeness (QED) is 0.413. The lowest BCUT2D eigenvalue weighted by Crippen LogP contribution is -2.26. The van der Waals surface area contributed by atoms with Gasteiger partial charge in [0.1, 0.15) is 0 Å². The molecule has 0 aliphatic rings. The van der Waals surface area contributed by atoms with Crippen LogP contribution in [-0.2, 0) is 10.0 Å². The van der Waals surface area contributed by atoms with E-state index >= 15 is 0 Å². The van der Waals surface area contributed by atoms with E-state index in [9.17, 15) is 13.2 Å². The van der Waals surface area contributed by atoms with Crippen LogP contribution in [-0.4, -0.2) is 36.8 Å². The van der Waals surface area contributed by atoms with Crippen LogP contribution in [0.2, 0.25) is 0 Å². The molecule has 30 heavy (non-hydrogen) atoms. The highest BCUT2D eigenvalue weighted by atomic mass is 32.2. The smallest absolute Gasteiger partial charge is 0.264 e. The second-order valence-electron chi connectivity index (χ2n) is 6.83. The van der Waals surface area contributed by atoms with Gasteiger partial charge in [0.25, 0.3) is 15.9 Å². The molecule has 1 N–H and O–H groups in total. The van der Waals surface area contributed by atoms with Crippen LogP contribution in [0.25, 0.3) is 0 Å². The van der Waals surface area contributed by atoms with E-state index in [-0.39, 0.29) is 10.8 Å². The van der Waals surface area contributed by atoms with Gasteiger partial charge in [-0.15, -0.1) is 10.2 Å². The third-order valence-corrected chi connectivity index (χ3v) is 7.86. The van der Waals surface area contributed by atoms with Gasteiger partial charge in [-0.2, -0.15) is 0 Å². The van der Waals surface area contributed by atoms with E-state index in [0.717, 1.165) is 9.90 Å². The van der Waals surface area contributed by atoms with Gasteiger partial charge >= 0.3 is 0 Å². The first-order chi connectivity index (χ1) is 14.2. The fourth-order valence-electron chi connectivity index (χ4n) is 2.51. The number of nitrogens with zero attached hydrogens (tertiary/aromatic N) is 3. The number of anilines is 2. The van der Waals surface area contributed by atoms with Crippen LogP contribution in [0.3, 0.4) is 0 Å². The Morgan fingerprint density at radius 2 is 1.70 bits per heavy atom. The third kappa shape index (κ3) is 5.18. The number of hydrogen-bond acceptors (Lipinski definition) is 7. The van der Waals surface area contributed by atoms with Gasteiger partial charge in [-0.1, -0.05) is 54.6 Å². The minimum absolute atomic E-state index is 0.212. The molecule has 158 valence electrons. The maximum Gasteiger partial charge on any atom is 0.264 e. The van der Waals surface area contributed by atoms with Crippen LogP contribution in [0.15, 0.2) is 57.8 Å². The third-order valence-electron chi connectivity index (χ3n) is 4.14. The number of carbonyl (C=O) groups excluding carboxylic acids is 1. The number of sulfonamides is 1. The van der Waals surface area contributed by atoms with Gasteiger partial charge < -0.3 is 0 Å². The lowest BCUT2D eigenvalue weighted by molar-refractivity contribution is 0.102. The monoisotopic (exact) mass is 462 g/mol. The zero-order chi connectivity index (χ0) is 21.9. The highest BCUT2D eigenvalue weighted by Gasteiger charge is 2.21. The molecule has 1 aromatic heterocycles. The predicted molar refractivity (Wildman–Crippen MR) is 122 cm³/mol. The Morgan fingerprint density at radius 3 is 2.30 bits per heavy atom. The molecule has 1 heterocycles. The van der Waals surface area contributed by atoms with Gasteiger partial charge in [0.15, 0.2) is 4.34 Å². The summed E-state index contributed by atoms with van der Waals surface area (Å²) in [5.74, 6) is -0.331. The lowest BCUT2D eigenvalue weighted by Gasteiger charge is -2.19. The van der Waals surface area contributed by atoms with Crippen LogP contribution in [0.4, 0.5) is 10.8 Å². The highest BCUT2D eigenvalue weighted by Crippen LogP contribution is 2.29. The van der Waals surface area contributed by atoms with Crippen molar-refractivity contribution in [2.75, 3.05) is 16.7 Å². The maximum atomic E-state index is 12.8. The Labute approximate surface area is 184 Å². The number of hydrogen-bond donors (Lipinski definition) is 1. The fraction of sp³-hybridized carbons (Fsp3) is 0.250. The summed E-state index contributed by atoms with van der Waals surface area (Å²) in [4.78, 5) is 12.7. The van der Waals surface area contributed by atoms with Gasteiger partial charge in [-0.25, -0.2) is 8.42 Å². The zero-order valence-corrected chi connectivity index (χ0v) is 19.4. The number of thioether (sulfide) groups is 1. The molecule has 7 nitrogen and oxygen atoms in total. The standard InChI is InChI=1S/C20H22N4O3S3/c1-13(2)28-20-23-22-19(29-20)21-18(25)15-7-9-16(10-8-15)24(4)30(26,27)17-11-5-14(3)6-12-17/h5-13H,1-4H3,(H,21,22,25). The molecule has 0 spiro atoms. The van der Waals surface area contributed by atoms with E-state index in [1.54, 1.807) is 60.3 Å². The van der Waals surface area contributed by atoms with Crippen molar-refractivity contribution in [1.29, 1.82) is 0 Å². The summed E-state index contributed by atoms with van der Waals surface area (Å²) in [5, 5.41) is 11.5. The summed E-state index contributed by atoms with van der Waals surface area (Å²) in [6.45, 7) is 6.01. The molecular formula is C20H22N4O3S3. The molecule has 0 aliphatic heterocycles. The normalized spacial score (nSPS) is 11.5. The Kier molecular flexibility index (Phi) is 6.79. The second kappa shape index (κ2) is 9.15. The van der Waals surface area contributed by atoms with Gasteiger partial charge in [-0.3, -0.25) is 14.4 Å². The number of aromatic nitrogens is 2. The Hall–Kier alpha value is -2.43. The Morgan fingerprint density at radius 1 is 1.07 bits per heavy atom. The largest absolute Gasteiger partial charge is 0.296 e. The predicted octanol–water partition coefficient (Wildman–Crippen LogP) is 4.42. The fourth-order valence-corrected chi connectivity index (χ4v) is 5.67. The van der Waals surface area contributed by atoms with Gasteiger partial charge in [0.05, 0.1) is 10.6 Å². The minimum atomic E-state index is -3.68. The molecule has 0 atom stereocenters. The van der Waals surface area contributed by atoms with Gasteiger partial charge in [0, 0.05) is 17.9 Å². The molecule has 0 fully saturated rings. The van der Waals surface area contributed by atoms with Gasteiger partial charge in [0.2, 0.25) is 5.13 Å². The van der Waals surface area contributed by atoms with Crippen molar-refractivity contribution in [3.63, 3.8) is 0 Å². The summed E-state index contributed by atoms with van der Waals surface area (Å²) in [7, 11) is -2.20. The first-order valence-electron chi connectivity index (χ1n) is 9.14. The van der Waals surface area contributed by atoms with Crippen molar-refractivity contribution >= 4 is 49.8 Å². The maximum absolute atomic E-state index is 12.8. The SMILES string of the molecule is Cc1ccc(S(=O)(=O)N(C)c2ccc(C(=O)Nc3nnc(SC(C)C)s3)cc2)cc1. The van der Waals surface area contributed by atoms with Crippen LogP contribution >= 0.6 is 23.1 Å². The summed E-state index contributed by atoms with van der Waals surface area (Å²) in [6, 6.07) is 13.0. The molecule has 1 amide bonds. The second-order valence-corrected chi connectivity index (χ2v) is 11.6. The van der Waals surface area contributed by atoms with E-state index < -0.39 is 10.0 Å². The average Bonchev–Trinajstić information content (AvgIpc) is 3.13. The molecule has 0 radical (unpaired) electrons. The number of benzene rings is 2. The van der Waals surface area contributed by atoms with Crippen molar-refractivity contribution in [3.8, 4) is 0 Å². The van der Waals surface area contributed by atoms with E-state index in [1.807, 2.05) is 6.92 Å². The van der Waals surface area contributed by atoms with E-state index in [1.165, 1.54) is 22.7 Å². The molecular weight excluding hydrogens is 440 g/mol. The first-order valence-corrected chi connectivity index (χ1v) is 12.3. The van der Waals surface area contributed by atoms with Crippen molar-refractivity contribution < 1.29 is 13.2 Å². The van der Waals surface area contributed by atoms with Crippen molar-refractivity contribution in [3.05, 3.63) is 59.7 Å². The summed E-state index contributed by atoms with van der Waals surface area (Å²) >= 11 is 2.90. The van der Waals surface area contributed by atoms with E-state index in [2.05, 4.69) is 29.4 Å². The topological polar surface area (TPSA) is 92.3 Å². The molecule has 2 aromatic carbocycles. The molecule has 3 aromatic rings. The van der Waals surface area contributed by atoms with E-state index in [0.29, 0.717) is 21.6 Å².